The van der Waals surface area contributed by atoms with Gasteiger partial charge in [-0.3, -0.25) is 0 Å². The van der Waals surface area contributed by atoms with Crippen LogP contribution in [0, 0.1) is 12.8 Å². The van der Waals surface area contributed by atoms with Crippen molar-refractivity contribution in [3.63, 3.8) is 0 Å². The quantitative estimate of drug-likeness (QED) is 0.196. The molecule has 0 saturated carbocycles. The van der Waals surface area contributed by atoms with Gasteiger partial charge in [-0.15, -0.1) is 11.3 Å². The average molecular weight is 572 g/mol. The molecular formula is C40H29NOS. The van der Waals surface area contributed by atoms with E-state index in [1.54, 1.807) is 0 Å². The molecule has 2 nitrogen and oxygen atoms in total. The summed E-state index contributed by atoms with van der Waals surface area (Å²) >= 11 is 1.91. The highest BCUT2D eigenvalue weighted by molar-refractivity contribution is 7.27. The van der Waals surface area contributed by atoms with E-state index in [1.807, 2.05) is 17.4 Å². The summed E-state index contributed by atoms with van der Waals surface area (Å²) in [7, 11) is 0. The predicted molar refractivity (Wildman–Crippen MR) is 186 cm³/mol. The first kappa shape index (κ1) is 24.7. The monoisotopic (exact) mass is 571 g/mol. The number of fused-ring (bicyclic) bond motifs is 11. The molecule has 2 atom stereocenters. The fourth-order valence-electron chi connectivity index (χ4n) is 7.13. The summed E-state index contributed by atoms with van der Waals surface area (Å²) in [6, 6.07) is 37.9. The number of thiophene rings is 1. The summed E-state index contributed by atoms with van der Waals surface area (Å²) in [5.41, 5.74) is 5.42. The lowest BCUT2D eigenvalue weighted by Gasteiger charge is -2.36. The summed E-state index contributed by atoms with van der Waals surface area (Å²) in [6.07, 6.45) is 8.96. The SMILES string of the molecule is Cc1ccc2c(c1)c1ccccc1c1c3ccc(N(c4cccc5c4oc4ccccc45)C4C=CC=CC4C)cc3sc21. The third kappa shape index (κ3) is 3.65. The fourth-order valence-corrected chi connectivity index (χ4v) is 8.42. The highest BCUT2D eigenvalue weighted by Crippen LogP contribution is 2.47. The van der Waals surface area contributed by atoms with Crippen molar-refractivity contribution in [2.75, 3.05) is 4.90 Å². The third-order valence-electron chi connectivity index (χ3n) is 9.17. The third-order valence-corrected chi connectivity index (χ3v) is 10.4. The van der Waals surface area contributed by atoms with E-state index in [-0.39, 0.29) is 6.04 Å². The molecule has 6 aromatic carbocycles. The Balaban J connectivity index is 1.33. The van der Waals surface area contributed by atoms with Crippen LogP contribution in [0.1, 0.15) is 12.5 Å². The van der Waals surface area contributed by atoms with E-state index in [2.05, 4.69) is 140 Å². The largest absolute Gasteiger partial charge is 0.454 e. The van der Waals surface area contributed by atoms with Gasteiger partial charge in [0.2, 0.25) is 0 Å². The Morgan fingerprint density at radius 1 is 0.651 bits per heavy atom. The van der Waals surface area contributed by atoms with Crippen LogP contribution in [0.5, 0.6) is 0 Å². The second kappa shape index (κ2) is 9.32. The number of anilines is 2. The second-order valence-corrected chi connectivity index (χ2v) is 12.9. The Morgan fingerprint density at radius 2 is 1.42 bits per heavy atom. The van der Waals surface area contributed by atoms with Crippen molar-refractivity contribution >= 4 is 86.4 Å². The molecule has 2 aromatic heterocycles. The van der Waals surface area contributed by atoms with Crippen LogP contribution in [0.25, 0.3) is 63.7 Å². The number of benzene rings is 6. The van der Waals surface area contributed by atoms with E-state index in [0.717, 1.165) is 27.6 Å². The molecule has 0 bridgehead atoms. The Morgan fingerprint density at radius 3 is 2.30 bits per heavy atom. The minimum atomic E-state index is 0.153. The Hall–Kier alpha value is -4.86. The van der Waals surface area contributed by atoms with Gasteiger partial charge in [-0.1, -0.05) is 116 Å². The standard InChI is InChI=1S/C40H29NOS/c1-24-18-20-31-33(22-24)27-11-4-5-13-29(27)38-32-21-19-26(23-37(32)43-40(31)38)41(34-15-7-3-10-25(34)2)35-16-9-14-30-28-12-6-8-17-36(28)42-39(30)35/h3-23,25,34H,1-2H3. The summed E-state index contributed by atoms with van der Waals surface area (Å²) in [5, 5.41) is 10.3. The number of allylic oxidation sites excluding steroid dienone is 2. The van der Waals surface area contributed by atoms with E-state index < -0.39 is 0 Å². The van der Waals surface area contributed by atoms with Gasteiger partial charge < -0.3 is 9.32 Å². The highest BCUT2D eigenvalue weighted by atomic mass is 32.1. The van der Waals surface area contributed by atoms with Crippen molar-refractivity contribution in [3.8, 4) is 0 Å². The number of rotatable bonds is 3. The molecule has 0 aliphatic heterocycles. The first-order valence-electron chi connectivity index (χ1n) is 15.0. The minimum Gasteiger partial charge on any atom is -0.454 e. The topological polar surface area (TPSA) is 16.4 Å². The van der Waals surface area contributed by atoms with Gasteiger partial charge >= 0.3 is 0 Å². The molecule has 1 aliphatic rings. The van der Waals surface area contributed by atoms with Gasteiger partial charge in [0.15, 0.2) is 5.58 Å². The smallest absolute Gasteiger partial charge is 0.159 e. The van der Waals surface area contributed by atoms with Crippen molar-refractivity contribution in [3.05, 3.63) is 133 Å². The summed E-state index contributed by atoms with van der Waals surface area (Å²) in [4.78, 5) is 2.48. The van der Waals surface area contributed by atoms with Crippen LogP contribution < -0.4 is 4.90 Å². The van der Waals surface area contributed by atoms with Crippen LogP contribution >= 0.6 is 11.3 Å². The number of hydrogen-bond donors (Lipinski definition) is 0. The van der Waals surface area contributed by atoms with Crippen LogP contribution in [0.3, 0.4) is 0 Å². The molecule has 1 aliphatic carbocycles. The molecule has 0 fully saturated rings. The molecule has 206 valence electrons. The molecule has 2 unspecified atom stereocenters. The molecule has 3 heteroatoms. The van der Waals surface area contributed by atoms with Gasteiger partial charge in [-0.2, -0.15) is 0 Å². The minimum absolute atomic E-state index is 0.153. The lowest BCUT2D eigenvalue weighted by atomic mass is 9.93. The Kier molecular flexibility index (Phi) is 5.36. The molecule has 0 amide bonds. The molecule has 0 saturated heterocycles. The van der Waals surface area contributed by atoms with Crippen molar-refractivity contribution in [2.45, 2.75) is 19.9 Å². The maximum absolute atomic E-state index is 6.57. The van der Waals surface area contributed by atoms with Crippen molar-refractivity contribution in [1.29, 1.82) is 0 Å². The second-order valence-electron chi connectivity index (χ2n) is 11.8. The number of furan rings is 1. The predicted octanol–water partition coefficient (Wildman–Crippen LogP) is 11.8. The highest BCUT2D eigenvalue weighted by Gasteiger charge is 2.28. The van der Waals surface area contributed by atoms with Gasteiger partial charge in [0, 0.05) is 42.0 Å². The van der Waals surface area contributed by atoms with Crippen LogP contribution in [0.4, 0.5) is 11.4 Å². The lowest BCUT2D eigenvalue weighted by Crippen LogP contribution is -2.35. The molecule has 0 N–H and O–H groups in total. The number of aryl methyl sites for hydroxylation is 1. The van der Waals surface area contributed by atoms with Gasteiger partial charge in [0.05, 0.1) is 11.7 Å². The molecular weight excluding hydrogens is 543 g/mol. The van der Waals surface area contributed by atoms with Crippen LogP contribution in [-0.4, -0.2) is 6.04 Å². The summed E-state index contributed by atoms with van der Waals surface area (Å²) in [6.45, 7) is 4.48. The zero-order valence-corrected chi connectivity index (χ0v) is 24.9. The molecule has 8 aromatic rings. The summed E-state index contributed by atoms with van der Waals surface area (Å²) in [5.74, 6) is 0.332. The molecule has 9 rings (SSSR count). The number of para-hydroxylation sites is 2. The maximum atomic E-state index is 6.57. The van der Waals surface area contributed by atoms with E-state index in [4.69, 9.17) is 4.42 Å². The number of nitrogens with zero attached hydrogens (tertiary/aromatic N) is 1. The van der Waals surface area contributed by atoms with E-state index in [1.165, 1.54) is 53.0 Å². The Labute approximate surface area is 253 Å². The normalized spacial score (nSPS) is 16.9. The average Bonchev–Trinajstić information content (AvgIpc) is 3.61. The fraction of sp³-hybridized carbons (Fsp3) is 0.100. The van der Waals surface area contributed by atoms with Gasteiger partial charge in [-0.25, -0.2) is 0 Å². The lowest BCUT2D eigenvalue weighted by molar-refractivity contribution is 0.604. The molecule has 2 heterocycles. The van der Waals surface area contributed by atoms with Crippen molar-refractivity contribution in [1.82, 2.24) is 0 Å². The molecule has 0 radical (unpaired) electrons. The van der Waals surface area contributed by atoms with Crippen molar-refractivity contribution < 1.29 is 4.42 Å². The van der Waals surface area contributed by atoms with Crippen LogP contribution in [0.15, 0.2) is 132 Å². The van der Waals surface area contributed by atoms with E-state index in [9.17, 15) is 0 Å². The maximum Gasteiger partial charge on any atom is 0.159 e. The number of hydrogen-bond acceptors (Lipinski definition) is 3. The van der Waals surface area contributed by atoms with Crippen LogP contribution in [-0.2, 0) is 0 Å². The van der Waals surface area contributed by atoms with Gasteiger partial charge in [0.25, 0.3) is 0 Å². The van der Waals surface area contributed by atoms with Crippen molar-refractivity contribution in [2.24, 2.45) is 5.92 Å². The van der Waals surface area contributed by atoms with Gasteiger partial charge in [-0.05, 0) is 53.3 Å². The first-order chi connectivity index (χ1) is 21.2. The summed E-state index contributed by atoms with van der Waals surface area (Å²) < 4.78 is 9.24. The van der Waals surface area contributed by atoms with E-state index in [0.29, 0.717) is 5.92 Å². The molecule has 0 spiro atoms. The zero-order chi connectivity index (χ0) is 28.7. The van der Waals surface area contributed by atoms with Gasteiger partial charge in [0.1, 0.15) is 5.58 Å². The first-order valence-corrected chi connectivity index (χ1v) is 15.8. The zero-order valence-electron chi connectivity index (χ0n) is 24.0. The molecule has 43 heavy (non-hydrogen) atoms. The van der Waals surface area contributed by atoms with E-state index >= 15 is 0 Å². The van der Waals surface area contributed by atoms with Crippen LogP contribution in [0.2, 0.25) is 0 Å². The Bertz CT molecular complexity index is 2460.